The molecule has 0 unspecified atom stereocenters. The van der Waals surface area contributed by atoms with Gasteiger partial charge in [-0.05, 0) is 49.2 Å². The molecule has 0 aliphatic heterocycles. The quantitative estimate of drug-likeness (QED) is 0.534. The molecule has 1 heterocycles. The molecule has 0 bridgehead atoms. The van der Waals surface area contributed by atoms with Gasteiger partial charge in [-0.25, -0.2) is 0 Å². The third kappa shape index (κ3) is 5.53. The van der Waals surface area contributed by atoms with Crippen LogP contribution in [-0.4, -0.2) is 22.7 Å². The van der Waals surface area contributed by atoms with E-state index >= 15 is 0 Å². The zero-order valence-corrected chi connectivity index (χ0v) is 16.7. The van der Waals surface area contributed by atoms with Crippen molar-refractivity contribution in [3.63, 3.8) is 0 Å². The Morgan fingerprint density at radius 1 is 0.964 bits per heavy atom. The number of anilines is 1. The molecule has 1 amide bonds. The minimum Gasteiger partial charge on any atom is -0.484 e. The molecule has 0 fully saturated rings. The fourth-order valence-corrected chi connectivity index (χ4v) is 3.65. The summed E-state index contributed by atoms with van der Waals surface area (Å²) in [5, 5.41) is 12.4. The molecule has 1 N–H and O–H groups in total. The highest BCUT2D eigenvalue weighted by molar-refractivity contribution is 7.15. The van der Waals surface area contributed by atoms with Crippen LogP contribution in [0.3, 0.4) is 0 Å². The van der Waals surface area contributed by atoms with Crippen molar-refractivity contribution in [1.29, 1.82) is 0 Å². The van der Waals surface area contributed by atoms with Crippen LogP contribution in [0.2, 0.25) is 0 Å². The molecule has 0 aliphatic carbocycles. The van der Waals surface area contributed by atoms with Gasteiger partial charge in [-0.3, -0.25) is 10.1 Å². The minimum atomic E-state index is -0.267. The average Bonchev–Trinajstić information content (AvgIpc) is 3.17. The molecular formula is C21H23N3O3S. The van der Waals surface area contributed by atoms with Gasteiger partial charge in [0.1, 0.15) is 22.3 Å². The fraction of sp³-hybridized carbons (Fsp3) is 0.286. The normalized spacial score (nSPS) is 10.7. The average molecular weight is 398 g/mol. The Hall–Kier alpha value is -2.93. The Kier molecular flexibility index (Phi) is 6.97. The molecule has 0 aliphatic rings. The molecule has 3 rings (SSSR count). The van der Waals surface area contributed by atoms with Gasteiger partial charge in [-0.15, -0.1) is 10.2 Å². The van der Waals surface area contributed by atoms with E-state index in [0.29, 0.717) is 22.5 Å². The number of aromatic nitrogens is 2. The lowest BCUT2D eigenvalue weighted by atomic mass is 10.1. The number of carbonyl (C=O) groups is 1. The smallest absolute Gasteiger partial charge is 0.264 e. The second-order valence-electron chi connectivity index (χ2n) is 6.18. The molecule has 146 valence electrons. The predicted octanol–water partition coefficient (Wildman–Crippen LogP) is 5.25. The Morgan fingerprint density at radius 2 is 1.61 bits per heavy atom. The Balaban J connectivity index is 1.48. The van der Waals surface area contributed by atoms with Crippen LogP contribution in [0.15, 0.2) is 54.6 Å². The summed E-state index contributed by atoms with van der Waals surface area (Å²) >= 11 is 1.42. The molecule has 0 saturated heterocycles. The van der Waals surface area contributed by atoms with Crippen molar-refractivity contribution in [2.45, 2.75) is 32.6 Å². The monoisotopic (exact) mass is 397 g/mol. The maximum absolute atomic E-state index is 12.1. The zero-order chi connectivity index (χ0) is 19.8. The zero-order valence-electron chi connectivity index (χ0n) is 15.9. The van der Waals surface area contributed by atoms with Gasteiger partial charge < -0.3 is 9.47 Å². The summed E-state index contributed by atoms with van der Waals surface area (Å²) in [7, 11) is 0. The number of carbonyl (C=O) groups excluding carboxylic acids is 1. The summed E-state index contributed by atoms with van der Waals surface area (Å²) in [5.41, 5.74) is 0. The molecule has 1 aromatic heterocycles. The van der Waals surface area contributed by atoms with Crippen LogP contribution in [0.25, 0.3) is 0 Å². The molecule has 0 atom stereocenters. The number of nitrogens with one attached hydrogen (secondary N) is 1. The number of ether oxygens (including phenoxy) is 2. The minimum absolute atomic E-state index is 0.0984. The van der Waals surface area contributed by atoms with Crippen LogP contribution in [0, 0.1) is 0 Å². The van der Waals surface area contributed by atoms with E-state index in [-0.39, 0.29) is 12.5 Å². The molecule has 0 radical (unpaired) electrons. The molecule has 2 aromatic carbocycles. The Bertz CT molecular complexity index is 877. The van der Waals surface area contributed by atoms with Crippen LogP contribution in [0.1, 0.15) is 37.6 Å². The maximum atomic E-state index is 12.1. The summed E-state index contributed by atoms with van der Waals surface area (Å²) in [6.45, 7) is 4.15. The lowest BCUT2D eigenvalue weighted by Crippen LogP contribution is -2.20. The van der Waals surface area contributed by atoms with Crippen LogP contribution >= 0.6 is 11.3 Å². The van der Waals surface area contributed by atoms with E-state index < -0.39 is 0 Å². The maximum Gasteiger partial charge on any atom is 0.264 e. The Morgan fingerprint density at radius 3 is 2.29 bits per heavy atom. The molecule has 0 spiro atoms. The molecular weight excluding hydrogens is 374 g/mol. The van der Waals surface area contributed by atoms with Gasteiger partial charge in [0.15, 0.2) is 6.61 Å². The largest absolute Gasteiger partial charge is 0.484 e. The van der Waals surface area contributed by atoms with E-state index in [4.69, 9.17) is 9.47 Å². The number of para-hydroxylation sites is 1. The van der Waals surface area contributed by atoms with E-state index in [1.165, 1.54) is 11.3 Å². The second-order valence-corrected chi connectivity index (χ2v) is 7.19. The summed E-state index contributed by atoms with van der Waals surface area (Å²) in [6, 6.07) is 16.7. The first-order valence-electron chi connectivity index (χ1n) is 9.27. The highest BCUT2D eigenvalue weighted by Gasteiger charge is 2.14. The molecule has 0 saturated carbocycles. The van der Waals surface area contributed by atoms with Gasteiger partial charge in [0.2, 0.25) is 5.13 Å². The first kappa shape index (κ1) is 19.8. The van der Waals surface area contributed by atoms with Crippen molar-refractivity contribution in [2.24, 2.45) is 0 Å². The summed E-state index contributed by atoms with van der Waals surface area (Å²) in [6.07, 6.45) is 2.01. The third-order valence-electron chi connectivity index (χ3n) is 4.19. The summed E-state index contributed by atoms with van der Waals surface area (Å²) in [4.78, 5) is 12.1. The van der Waals surface area contributed by atoms with E-state index in [9.17, 15) is 4.79 Å². The van der Waals surface area contributed by atoms with Crippen molar-refractivity contribution in [3.05, 3.63) is 59.6 Å². The van der Waals surface area contributed by atoms with Crippen molar-refractivity contribution in [2.75, 3.05) is 11.9 Å². The van der Waals surface area contributed by atoms with Gasteiger partial charge in [-0.1, -0.05) is 43.4 Å². The lowest BCUT2D eigenvalue weighted by Gasteiger charge is -2.08. The lowest BCUT2D eigenvalue weighted by molar-refractivity contribution is -0.118. The van der Waals surface area contributed by atoms with Crippen molar-refractivity contribution in [3.8, 4) is 17.2 Å². The first-order chi connectivity index (χ1) is 13.7. The van der Waals surface area contributed by atoms with Crippen LogP contribution in [0.4, 0.5) is 5.13 Å². The van der Waals surface area contributed by atoms with Gasteiger partial charge in [0, 0.05) is 5.92 Å². The van der Waals surface area contributed by atoms with Crippen molar-refractivity contribution >= 4 is 22.4 Å². The molecule has 3 aromatic rings. The highest BCUT2D eigenvalue weighted by atomic mass is 32.1. The number of benzene rings is 2. The fourth-order valence-electron chi connectivity index (χ4n) is 2.62. The van der Waals surface area contributed by atoms with Crippen LogP contribution < -0.4 is 14.8 Å². The van der Waals surface area contributed by atoms with Gasteiger partial charge in [-0.2, -0.15) is 0 Å². The topological polar surface area (TPSA) is 73.3 Å². The van der Waals surface area contributed by atoms with E-state index in [1.54, 1.807) is 24.3 Å². The Labute approximate surface area is 168 Å². The standard InChI is InChI=1S/C21H23N3O3S/c1-3-15(4-2)20-23-24-21(28-20)22-19(25)14-26-16-10-12-18(13-11-16)27-17-8-6-5-7-9-17/h5-13,15H,3-4,14H2,1-2H3,(H,22,24,25). The molecule has 28 heavy (non-hydrogen) atoms. The number of hydrogen-bond donors (Lipinski definition) is 1. The number of nitrogens with zero attached hydrogens (tertiary/aromatic N) is 2. The number of hydrogen-bond acceptors (Lipinski definition) is 6. The van der Waals surface area contributed by atoms with E-state index in [1.807, 2.05) is 30.3 Å². The van der Waals surface area contributed by atoms with Gasteiger partial charge in [0.05, 0.1) is 0 Å². The SMILES string of the molecule is CCC(CC)c1nnc(NC(=O)COc2ccc(Oc3ccccc3)cc2)s1. The van der Waals surface area contributed by atoms with Crippen molar-refractivity contribution in [1.82, 2.24) is 10.2 Å². The highest BCUT2D eigenvalue weighted by Crippen LogP contribution is 2.28. The van der Waals surface area contributed by atoms with Crippen LogP contribution in [-0.2, 0) is 4.79 Å². The molecule has 7 heteroatoms. The van der Waals surface area contributed by atoms with Gasteiger partial charge >= 0.3 is 0 Å². The van der Waals surface area contributed by atoms with Gasteiger partial charge in [0.25, 0.3) is 5.91 Å². The predicted molar refractivity (Wildman–Crippen MR) is 110 cm³/mol. The van der Waals surface area contributed by atoms with E-state index in [0.717, 1.165) is 23.6 Å². The van der Waals surface area contributed by atoms with Crippen LogP contribution in [0.5, 0.6) is 17.2 Å². The second kappa shape index (κ2) is 9.85. The third-order valence-corrected chi connectivity index (χ3v) is 5.20. The summed E-state index contributed by atoms with van der Waals surface area (Å²) < 4.78 is 11.3. The van der Waals surface area contributed by atoms with Crippen molar-refractivity contribution < 1.29 is 14.3 Å². The molecule has 6 nitrogen and oxygen atoms in total. The summed E-state index contributed by atoms with van der Waals surface area (Å²) in [5.74, 6) is 2.17. The van der Waals surface area contributed by atoms with E-state index in [2.05, 4.69) is 29.4 Å². The number of rotatable bonds is 9. The number of amides is 1. The first-order valence-corrected chi connectivity index (χ1v) is 10.1.